The summed E-state index contributed by atoms with van der Waals surface area (Å²) in [5, 5.41) is 0. The highest BCUT2D eigenvalue weighted by molar-refractivity contribution is 5.91. The molecule has 4 aliphatic carbocycles. The third kappa shape index (κ3) is 2.85. The van der Waals surface area contributed by atoms with Crippen molar-refractivity contribution in [2.45, 2.75) is 98.0 Å². The zero-order chi connectivity index (χ0) is 21.9. The summed E-state index contributed by atoms with van der Waals surface area (Å²) >= 11 is 0. The number of ether oxygens (including phenoxy) is 1. The molecule has 6 unspecified atom stereocenters. The van der Waals surface area contributed by atoms with E-state index in [4.69, 9.17) is 11.2 Å². The second-order valence-electron chi connectivity index (χ2n) is 11.6. The van der Waals surface area contributed by atoms with Crippen LogP contribution in [0.25, 0.3) is 0 Å². The van der Waals surface area contributed by atoms with Crippen molar-refractivity contribution in [3.8, 4) is 12.3 Å². The molecule has 6 atom stereocenters. The maximum atomic E-state index is 13.0. The first kappa shape index (κ1) is 21.7. The van der Waals surface area contributed by atoms with Crippen molar-refractivity contribution in [2.24, 2.45) is 34.0 Å². The molecule has 0 aromatic rings. The number of carbonyl (C=O) groups excluding carboxylic acids is 2. The van der Waals surface area contributed by atoms with E-state index in [9.17, 15) is 9.59 Å². The predicted molar refractivity (Wildman–Crippen MR) is 118 cm³/mol. The van der Waals surface area contributed by atoms with E-state index in [0.717, 1.165) is 51.4 Å². The van der Waals surface area contributed by atoms with Gasteiger partial charge < -0.3 is 4.74 Å². The van der Waals surface area contributed by atoms with E-state index in [-0.39, 0.29) is 16.8 Å². The lowest BCUT2D eigenvalue weighted by molar-refractivity contribution is -0.181. The summed E-state index contributed by atoms with van der Waals surface area (Å²) in [5.41, 5.74) is 0.0830. The summed E-state index contributed by atoms with van der Waals surface area (Å²) in [5.74, 6) is 4.86. The number of terminal acetylenes is 1. The minimum absolute atomic E-state index is 0.153. The van der Waals surface area contributed by atoms with Crippen molar-refractivity contribution in [3.63, 3.8) is 0 Å². The first-order valence-corrected chi connectivity index (χ1v) is 12.0. The number of allylic oxidation sites excluding steroid dienone is 1. The Morgan fingerprint density at radius 3 is 2.53 bits per heavy atom. The van der Waals surface area contributed by atoms with Crippen LogP contribution in [0.3, 0.4) is 0 Å². The fraction of sp³-hybridized carbons (Fsp3) is 0.778. The fourth-order valence-electron chi connectivity index (χ4n) is 7.43. The van der Waals surface area contributed by atoms with Crippen molar-refractivity contribution >= 4 is 11.8 Å². The Bertz CT molecular complexity index is 830. The van der Waals surface area contributed by atoms with Crippen LogP contribution >= 0.6 is 0 Å². The second-order valence-corrected chi connectivity index (χ2v) is 11.6. The Hall–Kier alpha value is -1.56. The minimum Gasteiger partial charge on any atom is -0.445 e. The van der Waals surface area contributed by atoms with Crippen LogP contribution in [0.5, 0.6) is 0 Å². The molecule has 0 aromatic heterocycles. The lowest BCUT2D eigenvalue weighted by Crippen LogP contribution is -2.56. The molecule has 3 heteroatoms. The van der Waals surface area contributed by atoms with Crippen LogP contribution in [0.4, 0.5) is 0 Å². The molecule has 4 aliphatic rings. The molecule has 0 amide bonds. The number of hydrogen-bond donors (Lipinski definition) is 0. The van der Waals surface area contributed by atoms with E-state index in [1.165, 1.54) is 5.57 Å². The van der Waals surface area contributed by atoms with Gasteiger partial charge in [0.15, 0.2) is 11.4 Å². The molecule has 3 nitrogen and oxygen atoms in total. The van der Waals surface area contributed by atoms with Gasteiger partial charge in [0.25, 0.3) is 0 Å². The Labute approximate surface area is 182 Å². The molecule has 0 aliphatic heterocycles. The smallest absolute Gasteiger partial charge is 0.313 e. The fourth-order valence-corrected chi connectivity index (χ4v) is 7.43. The van der Waals surface area contributed by atoms with E-state index in [1.54, 1.807) is 0 Å². The van der Waals surface area contributed by atoms with Crippen LogP contribution in [-0.4, -0.2) is 17.4 Å². The van der Waals surface area contributed by atoms with Gasteiger partial charge in [-0.25, -0.2) is 0 Å². The van der Waals surface area contributed by atoms with E-state index >= 15 is 0 Å². The van der Waals surface area contributed by atoms with Gasteiger partial charge in [-0.2, -0.15) is 0 Å². The number of esters is 1. The lowest BCUT2D eigenvalue weighted by Gasteiger charge is -2.58. The number of hydrogen-bond acceptors (Lipinski definition) is 3. The first-order chi connectivity index (χ1) is 14.0. The normalized spacial score (nSPS) is 43.0. The Morgan fingerprint density at radius 1 is 1.17 bits per heavy atom. The molecule has 3 saturated carbocycles. The van der Waals surface area contributed by atoms with Crippen molar-refractivity contribution in [3.05, 3.63) is 11.6 Å². The zero-order valence-electron chi connectivity index (χ0n) is 19.5. The average Bonchev–Trinajstić information content (AvgIpc) is 3.01. The highest BCUT2D eigenvalue weighted by Crippen LogP contribution is 2.68. The van der Waals surface area contributed by atoms with Crippen LogP contribution in [0, 0.1) is 46.3 Å². The first-order valence-electron chi connectivity index (χ1n) is 12.0. The summed E-state index contributed by atoms with van der Waals surface area (Å²) in [6.45, 7) is 10.6. The standard InChI is InChI=1S/C27H38O3/c1-7-24(3,4)23(29)30-27(8-2)16-13-22-20-10-9-18-17-19(28)11-14-25(18,5)21(20)12-15-26(22,27)6/h2,17,20-22H,7,9-16H2,1,3-6H3. The van der Waals surface area contributed by atoms with Gasteiger partial charge in [0.2, 0.25) is 0 Å². The van der Waals surface area contributed by atoms with Gasteiger partial charge in [-0.05, 0) is 94.5 Å². The van der Waals surface area contributed by atoms with Crippen molar-refractivity contribution in [1.29, 1.82) is 0 Å². The van der Waals surface area contributed by atoms with Gasteiger partial charge in [-0.15, -0.1) is 6.42 Å². The summed E-state index contributed by atoms with van der Waals surface area (Å²) in [7, 11) is 0. The van der Waals surface area contributed by atoms with Gasteiger partial charge >= 0.3 is 5.97 Å². The molecule has 164 valence electrons. The maximum absolute atomic E-state index is 13.0. The summed E-state index contributed by atoms with van der Waals surface area (Å²) in [4.78, 5) is 25.1. The van der Waals surface area contributed by atoms with E-state index in [2.05, 4.69) is 19.8 Å². The minimum atomic E-state index is -0.786. The SMILES string of the molecule is C#CC1(OC(=O)C(C)(C)CC)CCC2C3CCC4=CC(=O)CCC4(C)C3CCC21C. The Balaban J connectivity index is 1.64. The Morgan fingerprint density at radius 2 is 1.87 bits per heavy atom. The molecular formula is C27H38O3. The molecule has 0 N–H and O–H groups in total. The van der Waals surface area contributed by atoms with Crippen LogP contribution < -0.4 is 0 Å². The molecule has 30 heavy (non-hydrogen) atoms. The van der Waals surface area contributed by atoms with Gasteiger partial charge in [-0.3, -0.25) is 9.59 Å². The quantitative estimate of drug-likeness (QED) is 0.432. The summed E-state index contributed by atoms with van der Waals surface area (Å²) < 4.78 is 6.27. The molecule has 4 rings (SSSR count). The molecule has 0 spiro atoms. The number of rotatable bonds is 3. The van der Waals surface area contributed by atoms with E-state index in [1.807, 2.05) is 26.8 Å². The summed E-state index contributed by atoms with van der Waals surface area (Å²) in [6.07, 6.45) is 16.6. The molecule has 0 bridgehead atoms. The molecule has 0 radical (unpaired) electrons. The highest BCUT2D eigenvalue weighted by Gasteiger charge is 2.66. The van der Waals surface area contributed by atoms with Crippen molar-refractivity contribution in [2.75, 3.05) is 0 Å². The molecule has 0 aromatic carbocycles. The monoisotopic (exact) mass is 410 g/mol. The number of ketones is 1. The van der Waals surface area contributed by atoms with Crippen LogP contribution in [-0.2, 0) is 14.3 Å². The summed E-state index contributed by atoms with van der Waals surface area (Å²) in [6, 6.07) is 0. The third-order valence-electron chi connectivity index (χ3n) is 10.0. The number of carbonyl (C=O) groups is 2. The van der Waals surface area contributed by atoms with Gasteiger partial charge in [-0.1, -0.05) is 32.3 Å². The Kier molecular flexibility index (Phi) is 5.04. The largest absolute Gasteiger partial charge is 0.445 e. The molecular weight excluding hydrogens is 372 g/mol. The van der Waals surface area contributed by atoms with Gasteiger partial charge in [0.05, 0.1) is 5.41 Å². The second kappa shape index (κ2) is 6.98. The van der Waals surface area contributed by atoms with Gasteiger partial charge in [0, 0.05) is 11.8 Å². The van der Waals surface area contributed by atoms with Crippen molar-refractivity contribution < 1.29 is 14.3 Å². The van der Waals surface area contributed by atoms with Crippen LogP contribution in [0.1, 0.15) is 92.4 Å². The van der Waals surface area contributed by atoms with Gasteiger partial charge in [0.1, 0.15) is 0 Å². The van der Waals surface area contributed by atoms with E-state index in [0.29, 0.717) is 30.0 Å². The topological polar surface area (TPSA) is 43.4 Å². The molecule has 3 fully saturated rings. The van der Waals surface area contributed by atoms with E-state index < -0.39 is 11.0 Å². The van der Waals surface area contributed by atoms with Crippen LogP contribution in [0.2, 0.25) is 0 Å². The third-order valence-corrected chi connectivity index (χ3v) is 10.0. The maximum Gasteiger partial charge on any atom is 0.313 e. The lowest BCUT2D eigenvalue weighted by atomic mass is 9.46. The molecule has 0 heterocycles. The van der Waals surface area contributed by atoms with Crippen LogP contribution in [0.15, 0.2) is 11.6 Å². The molecule has 0 saturated heterocycles. The predicted octanol–water partition coefficient (Wildman–Crippen LogP) is 5.87. The zero-order valence-corrected chi connectivity index (χ0v) is 19.5. The van der Waals surface area contributed by atoms with Crippen molar-refractivity contribution in [1.82, 2.24) is 0 Å². The average molecular weight is 411 g/mol. The number of fused-ring (bicyclic) bond motifs is 5. The highest BCUT2D eigenvalue weighted by atomic mass is 16.6.